The van der Waals surface area contributed by atoms with Gasteiger partial charge >= 0.3 is 0 Å². The van der Waals surface area contributed by atoms with Crippen LogP contribution in [0.25, 0.3) is 98.4 Å². The van der Waals surface area contributed by atoms with E-state index in [0.29, 0.717) is 11.8 Å². The van der Waals surface area contributed by atoms with Gasteiger partial charge in [-0.15, -0.1) is 0 Å². The number of fused-ring (bicyclic) bond motifs is 12. The first-order valence-corrected chi connectivity index (χ1v) is 30.1. The molecule has 0 aliphatic carbocycles. The fraction of sp³-hybridized carbons (Fsp3) is 0.175. The molecule has 11 aromatic carbocycles. The first-order valence-electron chi connectivity index (χ1n) is 30.1. The summed E-state index contributed by atoms with van der Waals surface area (Å²) in [6.07, 6.45) is 0. The molecule has 0 aliphatic heterocycles. The number of aromatic nitrogens is 2. The molecule has 4 heterocycles. The molecule has 4 aromatic heterocycles. The fourth-order valence-corrected chi connectivity index (χ4v) is 13.8. The Morgan fingerprint density at radius 3 is 1.05 bits per heavy atom. The molecule has 0 bridgehead atoms. The lowest BCUT2D eigenvalue weighted by Crippen LogP contribution is -2.16. The lowest BCUT2D eigenvalue weighted by atomic mass is 9.85. The monoisotopic (exact) mass is 1090 g/mol. The molecule has 410 valence electrons. The molecule has 15 rings (SSSR count). The highest BCUT2D eigenvalue weighted by Crippen LogP contribution is 2.54. The number of anilines is 6. The minimum atomic E-state index is -0.0724. The van der Waals surface area contributed by atoms with Crippen LogP contribution in [0, 0.1) is 0 Å². The Kier molecular flexibility index (Phi) is 11.7. The summed E-state index contributed by atoms with van der Waals surface area (Å²) in [5, 5.41) is 9.96. The van der Waals surface area contributed by atoms with Crippen molar-refractivity contribution in [3.63, 3.8) is 0 Å². The normalized spacial score (nSPS) is 12.6. The summed E-state index contributed by atoms with van der Waals surface area (Å²) >= 11 is 0. The Morgan fingerprint density at radius 1 is 0.310 bits per heavy atom. The average molecular weight is 1090 g/mol. The highest BCUT2D eigenvalue weighted by atomic mass is 15.2. The number of nitrogens with zero attached hydrogens (tertiary/aromatic N) is 4. The topological polar surface area (TPSA) is 15.3 Å². The molecule has 0 spiro atoms. The molecule has 0 aliphatic rings. The van der Waals surface area contributed by atoms with Gasteiger partial charge in [0.15, 0.2) is 0 Å². The second-order valence-corrected chi connectivity index (χ2v) is 26.2. The van der Waals surface area contributed by atoms with Crippen LogP contribution in [0.15, 0.2) is 231 Å². The molecule has 0 unspecified atom stereocenters. The van der Waals surface area contributed by atoms with Gasteiger partial charge in [-0.2, -0.15) is 0 Å². The Morgan fingerprint density at radius 2 is 0.679 bits per heavy atom. The van der Waals surface area contributed by atoms with Crippen molar-refractivity contribution in [2.45, 2.75) is 91.9 Å². The van der Waals surface area contributed by atoms with Gasteiger partial charge in [-0.3, -0.25) is 0 Å². The molecule has 0 N–H and O–H groups in total. The van der Waals surface area contributed by atoms with Gasteiger partial charge in [0.2, 0.25) is 0 Å². The van der Waals surface area contributed by atoms with E-state index < -0.39 is 0 Å². The lowest BCUT2D eigenvalue weighted by molar-refractivity contribution is 0.590. The van der Waals surface area contributed by atoms with E-state index in [4.69, 9.17) is 0 Å². The molecule has 84 heavy (non-hydrogen) atoms. The Balaban J connectivity index is 1.01. The van der Waals surface area contributed by atoms with Crippen molar-refractivity contribution in [3.05, 3.63) is 253 Å². The summed E-state index contributed by atoms with van der Waals surface area (Å²) in [4.78, 5) is 5.11. The van der Waals surface area contributed by atoms with Crippen molar-refractivity contribution in [3.8, 4) is 22.3 Å². The summed E-state index contributed by atoms with van der Waals surface area (Å²) in [7, 11) is 0. The van der Waals surface area contributed by atoms with E-state index in [9.17, 15) is 0 Å². The standard InChI is InChI=1S/C80H70N4/c1-49(2)51-29-35-57(36-30-51)81(71-45-55(79(5,6)7)33-39-59(71)53-21-13-11-14-22-53)69-43-41-61-65-47-74-66(48-73(65)83-67-27-19-17-25-63(67)75(69)77(61)83)62-42-44-70(76-64-26-18-20-28-68(64)84(74)78(62)76)82(58-37-31-52(32-38-58)50(3)4)72-46-56(80(8,9)10)34-40-60(72)54-23-15-12-16-24-54/h11-50H,1-10H3. The second kappa shape index (κ2) is 19.1. The SMILES string of the molecule is CC(C)c1ccc(N(c2cc(C(C)(C)C)ccc2-c2ccccc2)c2ccc3c4cc5c(cc4n4c6ccccc6c2c34)c2ccc(N(c3ccc(C(C)C)cc3)c3cc(C(C)(C)C)ccc3-c3ccccc3)c3c4ccccc4n5c23)cc1. The van der Waals surface area contributed by atoms with Gasteiger partial charge in [0.05, 0.1) is 55.8 Å². The van der Waals surface area contributed by atoms with Gasteiger partial charge in [0.25, 0.3) is 0 Å². The maximum absolute atomic E-state index is 2.58. The van der Waals surface area contributed by atoms with Crippen molar-refractivity contribution < 1.29 is 0 Å². The van der Waals surface area contributed by atoms with Gasteiger partial charge in [-0.25, -0.2) is 0 Å². The third kappa shape index (κ3) is 7.94. The summed E-state index contributed by atoms with van der Waals surface area (Å²) in [5.41, 5.74) is 24.1. The lowest BCUT2D eigenvalue weighted by Gasteiger charge is -2.31. The predicted molar refractivity (Wildman–Crippen MR) is 362 cm³/mol. The van der Waals surface area contributed by atoms with Gasteiger partial charge in [0.1, 0.15) is 0 Å². The van der Waals surface area contributed by atoms with Crippen molar-refractivity contribution in [2.75, 3.05) is 9.80 Å². The zero-order chi connectivity index (χ0) is 57.5. The maximum Gasteiger partial charge on any atom is 0.0641 e. The molecule has 0 amide bonds. The molecular weight excluding hydrogens is 1020 g/mol. The zero-order valence-electron chi connectivity index (χ0n) is 49.9. The Bertz CT molecular complexity index is 4690. The van der Waals surface area contributed by atoms with Crippen LogP contribution < -0.4 is 9.80 Å². The number of benzene rings is 11. The molecule has 0 saturated heterocycles. The summed E-state index contributed by atoms with van der Waals surface area (Å²) in [5.74, 6) is 0.826. The molecule has 0 saturated carbocycles. The number of para-hydroxylation sites is 2. The largest absolute Gasteiger partial charge is 0.309 e. The van der Waals surface area contributed by atoms with E-state index in [1.807, 2.05) is 0 Å². The molecule has 4 nitrogen and oxygen atoms in total. The number of rotatable bonds is 10. The summed E-state index contributed by atoms with van der Waals surface area (Å²) < 4.78 is 5.16. The van der Waals surface area contributed by atoms with Crippen molar-refractivity contribution in [1.82, 2.24) is 8.80 Å². The summed E-state index contributed by atoms with van der Waals surface area (Å²) in [6.45, 7) is 23.0. The molecule has 15 aromatic rings. The highest BCUT2D eigenvalue weighted by molar-refractivity contribution is 6.32. The maximum atomic E-state index is 2.58. The van der Waals surface area contributed by atoms with Crippen molar-refractivity contribution in [2.24, 2.45) is 0 Å². The highest BCUT2D eigenvalue weighted by Gasteiger charge is 2.31. The smallest absolute Gasteiger partial charge is 0.0641 e. The van der Waals surface area contributed by atoms with Crippen LogP contribution in [-0.2, 0) is 10.8 Å². The van der Waals surface area contributed by atoms with Crippen LogP contribution in [0.1, 0.15) is 103 Å². The van der Waals surface area contributed by atoms with Crippen molar-refractivity contribution >= 4 is 110 Å². The van der Waals surface area contributed by atoms with Gasteiger partial charge in [0, 0.05) is 65.6 Å². The van der Waals surface area contributed by atoms with Gasteiger partial charge < -0.3 is 18.6 Å². The van der Waals surface area contributed by atoms with Crippen LogP contribution in [-0.4, -0.2) is 8.80 Å². The van der Waals surface area contributed by atoms with E-state index in [-0.39, 0.29) is 10.8 Å². The number of hydrogen-bond acceptors (Lipinski definition) is 2. The van der Waals surface area contributed by atoms with Crippen molar-refractivity contribution in [1.29, 1.82) is 0 Å². The minimum absolute atomic E-state index is 0.0724. The third-order valence-electron chi connectivity index (χ3n) is 18.3. The molecule has 4 heteroatoms. The minimum Gasteiger partial charge on any atom is -0.309 e. The van der Waals surface area contributed by atoms with E-state index >= 15 is 0 Å². The fourth-order valence-electron chi connectivity index (χ4n) is 13.8. The molecule has 0 radical (unpaired) electrons. The molecule has 0 atom stereocenters. The first kappa shape index (κ1) is 51.5. The van der Waals surface area contributed by atoms with E-state index in [1.165, 1.54) is 121 Å². The Labute approximate surface area is 493 Å². The second-order valence-electron chi connectivity index (χ2n) is 26.2. The van der Waals surface area contributed by atoms with Crippen LogP contribution in [0.5, 0.6) is 0 Å². The summed E-state index contributed by atoms with van der Waals surface area (Å²) in [6, 6.07) is 87.6. The van der Waals surface area contributed by atoms with Gasteiger partial charge in [-0.05, 0) is 129 Å². The molecule has 0 fully saturated rings. The van der Waals surface area contributed by atoms with Crippen LogP contribution in [0.4, 0.5) is 34.1 Å². The van der Waals surface area contributed by atoms with Crippen LogP contribution in [0.2, 0.25) is 0 Å². The van der Waals surface area contributed by atoms with Gasteiger partial charge in [-0.1, -0.05) is 227 Å². The molecular formula is C80H70N4. The third-order valence-corrected chi connectivity index (χ3v) is 18.3. The van der Waals surface area contributed by atoms with Crippen LogP contribution in [0.3, 0.4) is 0 Å². The first-order chi connectivity index (χ1) is 40.6. The predicted octanol–water partition coefficient (Wildman–Crippen LogP) is 23.1. The average Bonchev–Trinajstić information content (AvgIpc) is 1.56. The van der Waals surface area contributed by atoms with E-state index in [0.717, 1.165) is 34.1 Å². The van der Waals surface area contributed by atoms with Crippen LogP contribution >= 0.6 is 0 Å². The van der Waals surface area contributed by atoms with E-state index in [1.54, 1.807) is 0 Å². The zero-order valence-corrected chi connectivity index (χ0v) is 49.9. The quantitative estimate of drug-likeness (QED) is 0.136. The van der Waals surface area contributed by atoms with E-state index in [2.05, 4.69) is 318 Å². The number of hydrogen-bond donors (Lipinski definition) is 0. The Hall–Kier alpha value is -9.38.